The van der Waals surface area contributed by atoms with Crippen molar-refractivity contribution in [2.75, 3.05) is 52.5 Å². The molecule has 2 aromatic rings. The molecule has 0 fully saturated rings. The van der Waals surface area contributed by atoms with E-state index in [4.69, 9.17) is 9.47 Å². The number of likely N-dealkylation sites (N-methyl/N-ethyl adjacent to an activating group) is 2. The summed E-state index contributed by atoms with van der Waals surface area (Å²) < 4.78 is 13.9. The van der Waals surface area contributed by atoms with Crippen LogP contribution < -0.4 is 9.47 Å². The van der Waals surface area contributed by atoms with Crippen molar-refractivity contribution in [1.29, 1.82) is 0 Å². The summed E-state index contributed by atoms with van der Waals surface area (Å²) in [5.41, 5.74) is 4.22. The van der Waals surface area contributed by atoms with Gasteiger partial charge in [-0.2, -0.15) is 0 Å². The van der Waals surface area contributed by atoms with Gasteiger partial charge >= 0.3 is 0 Å². The molecule has 0 spiro atoms. The summed E-state index contributed by atoms with van der Waals surface area (Å²) in [6.07, 6.45) is 0. The van der Waals surface area contributed by atoms with Crippen LogP contribution in [-0.2, 0) is 0 Å². The van der Waals surface area contributed by atoms with Gasteiger partial charge in [-0.3, -0.25) is 0 Å². The Morgan fingerprint density at radius 1 is 0.706 bits per heavy atom. The number of nitrogens with zero attached hydrogens (tertiary/aromatic N) is 3. The van der Waals surface area contributed by atoms with Crippen LogP contribution in [0.3, 0.4) is 0 Å². The zero-order valence-electron chi connectivity index (χ0n) is 20.2. The summed E-state index contributed by atoms with van der Waals surface area (Å²) >= 11 is 7.31. The van der Waals surface area contributed by atoms with Gasteiger partial charge in [-0.15, -0.1) is 12.4 Å². The lowest BCUT2D eigenvalue weighted by Crippen LogP contribution is -2.28. The molecule has 1 aliphatic carbocycles. The minimum atomic E-state index is 0. The Morgan fingerprint density at radius 2 is 1.09 bits per heavy atom. The van der Waals surface area contributed by atoms with Gasteiger partial charge in [0.15, 0.2) is 0 Å². The number of rotatable bonds is 12. The molecule has 9 heteroatoms. The summed E-state index contributed by atoms with van der Waals surface area (Å²) in [5.74, 6) is 1.48. The maximum atomic E-state index is 9.87. The smallest absolute Gasteiger partial charge is 0.134 e. The van der Waals surface area contributed by atoms with Gasteiger partial charge < -0.3 is 24.5 Å². The highest BCUT2D eigenvalue weighted by molar-refractivity contribution is 9.11. The SMILES string of the molecule is CCN(CC)CCOc1cc2c(cc1Br)-c1cc(Br)c(OCCN(CC)CC)cc1C2=NO.Cl. The van der Waals surface area contributed by atoms with Crippen LogP contribution in [0.2, 0.25) is 0 Å². The first-order chi connectivity index (χ1) is 16.0. The molecule has 0 unspecified atom stereocenters. The fourth-order valence-corrected chi connectivity index (χ4v) is 4.98. The maximum absolute atomic E-state index is 9.87. The average Bonchev–Trinajstić information content (AvgIpc) is 3.10. The van der Waals surface area contributed by atoms with Crippen molar-refractivity contribution in [1.82, 2.24) is 9.80 Å². The first-order valence-corrected chi connectivity index (χ1v) is 13.2. The van der Waals surface area contributed by atoms with Gasteiger partial charge in [0.2, 0.25) is 0 Å². The standard InChI is InChI=1S/C25H33Br2N3O3.ClH/c1-5-29(6-2)9-11-32-23-15-19-17(13-21(23)26)18-14-22(27)24(16-20(18)25(19)28-31)33-12-10-30(7-3)8-4;/h13-16,31H,5-12H2,1-4H3;1H. The quantitative estimate of drug-likeness (QED) is 0.191. The van der Waals surface area contributed by atoms with Crippen LogP contribution in [0.25, 0.3) is 11.1 Å². The number of fused-ring (bicyclic) bond motifs is 3. The van der Waals surface area contributed by atoms with Gasteiger partial charge in [0.05, 0.1) is 8.95 Å². The number of hydrogen-bond acceptors (Lipinski definition) is 6. The van der Waals surface area contributed by atoms with Crippen molar-refractivity contribution < 1.29 is 14.7 Å². The molecule has 1 aliphatic rings. The molecule has 0 bridgehead atoms. The average molecular weight is 620 g/mol. The third kappa shape index (κ3) is 6.46. The normalized spacial score (nSPS) is 11.9. The molecule has 1 N–H and O–H groups in total. The van der Waals surface area contributed by atoms with Crippen molar-refractivity contribution >= 4 is 50.0 Å². The Balaban J connectivity index is 0.00000408. The maximum Gasteiger partial charge on any atom is 0.134 e. The van der Waals surface area contributed by atoms with E-state index in [1.54, 1.807) is 0 Å². The van der Waals surface area contributed by atoms with E-state index in [2.05, 4.69) is 74.5 Å². The van der Waals surface area contributed by atoms with E-state index in [0.717, 1.165) is 82.0 Å². The Labute approximate surface area is 226 Å². The van der Waals surface area contributed by atoms with Crippen molar-refractivity contribution in [3.8, 4) is 22.6 Å². The summed E-state index contributed by atoms with van der Waals surface area (Å²) in [5, 5.41) is 13.5. The van der Waals surface area contributed by atoms with Gasteiger partial charge in [0.1, 0.15) is 30.4 Å². The molecule has 0 saturated carbocycles. The summed E-state index contributed by atoms with van der Waals surface area (Å²) in [6, 6.07) is 7.97. The Bertz CT molecular complexity index is 920. The predicted molar refractivity (Wildman–Crippen MR) is 149 cm³/mol. The lowest BCUT2D eigenvalue weighted by Gasteiger charge is -2.18. The molecule has 0 amide bonds. The first kappa shape index (κ1) is 28.9. The second-order valence-corrected chi connectivity index (χ2v) is 9.56. The molecule has 0 radical (unpaired) electrons. The third-order valence-corrected chi connectivity index (χ3v) is 7.40. The minimum Gasteiger partial charge on any atom is -0.491 e. The van der Waals surface area contributed by atoms with E-state index >= 15 is 0 Å². The molecule has 188 valence electrons. The summed E-state index contributed by atoms with van der Waals surface area (Å²) in [4.78, 5) is 4.63. The first-order valence-electron chi connectivity index (χ1n) is 11.6. The number of hydrogen-bond donors (Lipinski definition) is 1. The molecule has 0 saturated heterocycles. The molecule has 34 heavy (non-hydrogen) atoms. The van der Waals surface area contributed by atoms with E-state index in [9.17, 15) is 5.21 Å². The van der Waals surface area contributed by atoms with E-state index < -0.39 is 0 Å². The number of halogens is 3. The van der Waals surface area contributed by atoms with Crippen LogP contribution in [-0.4, -0.2) is 73.2 Å². The zero-order valence-corrected chi connectivity index (χ0v) is 24.2. The number of benzene rings is 2. The topological polar surface area (TPSA) is 57.5 Å². The monoisotopic (exact) mass is 617 g/mol. The summed E-state index contributed by atoms with van der Waals surface area (Å²) in [6.45, 7) is 15.5. The van der Waals surface area contributed by atoms with Crippen molar-refractivity contribution in [2.24, 2.45) is 5.16 Å². The van der Waals surface area contributed by atoms with Crippen LogP contribution in [0.4, 0.5) is 0 Å². The van der Waals surface area contributed by atoms with E-state index in [1.165, 1.54) is 0 Å². The lowest BCUT2D eigenvalue weighted by molar-refractivity contribution is 0.222. The summed E-state index contributed by atoms with van der Waals surface area (Å²) in [7, 11) is 0. The Hall–Kier alpha value is -1.32. The number of ether oxygens (including phenoxy) is 2. The van der Waals surface area contributed by atoms with Gasteiger partial charge in [0, 0.05) is 24.2 Å². The highest BCUT2D eigenvalue weighted by Gasteiger charge is 2.29. The molecule has 2 aromatic carbocycles. The van der Waals surface area contributed by atoms with Gasteiger partial charge in [0.25, 0.3) is 0 Å². The van der Waals surface area contributed by atoms with Crippen molar-refractivity contribution in [3.05, 3.63) is 44.3 Å². The molecule has 0 atom stereocenters. The van der Waals surface area contributed by atoms with Crippen LogP contribution in [0.1, 0.15) is 38.8 Å². The van der Waals surface area contributed by atoms with E-state index in [1.807, 2.05) is 24.3 Å². The zero-order chi connectivity index (χ0) is 24.0. The fourth-order valence-electron chi connectivity index (χ4n) is 4.07. The highest BCUT2D eigenvalue weighted by atomic mass is 79.9. The minimum absolute atomic E-state index is 0. The van der Waals surface area contributed by atoms with E-state index in [-0.39, 0.29) is 12.4 Å². The van der Waals surface area contributed by atoms with Crippen LogP contribution in [0.15, 0.2) is 38.4 Å². The van der Waals surface area contributed by atoms with Crippen molar-refractivity contribution in [3.63, 3.8) is 0 Å². The van der Waals surface area contributed by atoms with Crippen molar-refractivity contribution in [2.45, 2.75) is 27.7 Å². The van der Waals surface area contributed by atoms with Crippen LogP contribution in [0.5, 0.6) is 11.5 Å². The van der Waals surface area contributed by atoms with Crippen LogP contribution in [0, 0.1) is 0 Å². The molecule has 3 rings (SSSR count). The molecule has 6 nitrogen and oxygen atoms in total. The fraction of sp³-hybridized carbons (Fsp3) is 0.480. The number of oxime groups is 1. The lowest BCUT2D eigenvalue weighted by atomic mass is 10.1. The predicted octanol–water partition coefficient (Wildman–Crippen LogP) is 6.28. The largest absolute Gasteiger partial charge is 0.491 e. The van der Waals surface area contributed by atoms with Gasteiger partial charge in [-0.1, -0.05) is 32.9 Å². The van der Waals surface area contributed by atoms with Crippen LogP contribution >= 0.6 is 44.3 Å². The molecule has 0 aromatic heterocycles. The highest BCUT2D eigenvalue weighted by Crippen LogP contribution is 2.45. The van der Waals surface area contributed by atoms with E-state index in [0.29, 0.717) is 18.9 Å². The second kappa shape index (κ2) is 13.7. The molecule has 0 aliphatic heterocycles. The molecular weight excluding hydrogens is 586 g/mol. The second-order valence-electron chi connectivity index (χ2n) is 7.86. The van der Waals surface area contributed by atoms with Gasteiger partial charge in [-0.25, -0.2) is 0 Å². The molecular formula is C25H34Br2ClN3O3. The third-order valence-electron chi connectivity index (χ3n) is 6.16. The Morgan fingerprint density at radius 3 is 1.41 bits per heavy atom. The Kier molecular flexibility index (Phi) is 11.6. The van der Waals surface area contributed by atoms with Gasteiger partial charge in [-0.05, 0) is 93.4 Å². The molecule has 0 heterocycles.